The summed E-state index contributed by atoms with van der Waals surface area (Å²) in [5.41, 5.74) is 2.42. The molecule has 19 heavy (non-hydrogen) atoms. The zero-order valence-corrected chi connectivity index (χ0v) is 12.4. The number of benzene rings is 1. The van der Waals surface area contributed by atoms with Crippen LogP contribution in [0.25, 0.3) is 10.9 Å². The van der Waals surface area contributed by atoms with Crippen molar-refractivity contribution in [3.05, 3.63) is 30.0 Å². The van der Waals surface area contributed by atoms with E-state index in [1.807, 2.05) is 26.1 Å². The van der Waals surface area contributed by atoms with E-state index in [4.69, 9.17) is 0 Å². The summed E-state index contributed by atoms with van der Waals surface area (Å²) in [5.74, 6) is 0. The molecule has 0 atom stereocenters. The first kappa shape index (κ1) is 13.8. The quantitative estimate of drug-likeness (QED) is 0.938. The average Bonchev–Trinajstić information content (AvgIpc) is 2.36. The highest BCUT2D eigenvalue weighted by Gasteiger charge is 2.22. The summed E-state index contributed by atoms with van der Waals surface area (Å²) in [6.07, 6.45) is 1.71. The predicted octanol–water partition coefficient (Wildman–Crippen LogP) is 2.77. The molecule has 2 aromatic rings. The Bertz CT molecular complexity index is 722. The number of fused-ring (bicyclic) bond motifs is 1. The molecule has 0 aliphatic rings. The molecule has 102 valence electrons. The average molecular weight is 278 g/mol. The molecule has 5 heteroatoms. The minimum absolute atomic E-state index is 0.388. The highest BCUT2D eigenvalue weighted by Crippen LogP contribution is 2.29. The van der Waals surface area contributed by atoms with Crippen LogP contribution in [0, 0.1) is 6.92 Å². The van der Waals surface area contributed by atoms with Gasteiger partial charge < -0.3 is 5.32 Å². The molecule has 1 N–H and O–H groups in total. The first-order valence-corrected chi connectivity index (χ1v) is 7.73. The van der Waals surface area contributed by atoms with Crippen LogP contribution in [-0.4, -0.2) is 25.7 Å². The van der Waals surface area contributed by atoms with E-state index in [9.17, 15) is 8.42 Å². The van der Waals surface area contributed by atoms with Crippen molar-refractivity contribution in [2.45, 2.75) is 30.9 Å². The molecule has 0 radical (unpaired) electrons. The van der Waals surface area contributed by atoms with Gasteiger partial charge in [-0.3, -0.25) is 4.98 Å². The summed E-state index contributed by atoms with van der Waals surface area (Å²) in [6.45, 7) is 5.20. The van der Waals surface area contributed by atoms with Crippen molar-refractivity contribution in [1.29, 1.82) is 0 Å². The number of hydrogen-bond acceptors (Lipinski definition) is 4. The molecule has 0 spiro atoms. The summed E-state index contributed by atoms with van der Waals surface area (Å²) in [4.78, 5) is 4.67. The standard InChI is InChI=1S/C14H18N2O2S/c1-9(2)19(17,18)14-8-11-12(15-4)5-6-16-13(11)7-10(14)3/h5-9H,1-4H3,(H,15,16). The number of sulfone groups is 1. The Balaban J connectivity index is 2.81. The van der Waals surface area contributed by atoms with Gasteiger partial charge in [-0.15, -0.1) is 0 Å². The molecule has 1 aromatic carbocycles. The van der Waals surface area contributed by atoms with Crippen molar-refractivity contribution < 1.29 is 8.42 Å². The van der Waals surface area contributed by atoms with Crippen LogP contribution in [0.3, 0.4) is 0 Å². The van der Waals surface area contributed by atoms with Gasteiger partial charge in [-0.1, -0.05) is 0 Å². The Kier molecular flexibility index (Phi) is 3.49. The van der Waals surface area contributed by atoms with E-state index in [2.05, 4.69) is 10.3 Å². The van der Waals surface area contributed by atoms with E-state index >= 15 is 0 Å². The van der Waals surface area contributed by atoms with Crippen LogP contribution in [0.1, 0.15) is 19.4 Å². The molecule has 0 amide bonds. The van der Waals surface area contributed by atoms with Crippen LogP contribution in [-0.2, 0) is 9.84 Å². The Morgan fingerprint density at radius 1 is 1.26 bits per heavy atom. The fourth-order valence-corrected chi connectivity index (χ4v) is 3.35. The number of nitrogens with zero attached hydrogens (tertiary/aromatic N) is 1. The van der Waals surface area contributed by atoms with Gasteiger partial charge >= 0.3 is 0 Å². The van der Waals surface area contributed by atoms with Gasteiger partial charge in [0, 0.05) is 24.3 Å². The summed E-state index contributed by atoms with van der Waals surface area (Å²) in [5, 5.41) is 3.46. The smallest absolute Gasteiger partial charge is 0.180 e. The fourth-order valence-electron chi connectivity index (χ4n) is 2.06. The first-order valence-electron chi connectivity index (χ1n) is 6.19. The summed E-state index contributed by atoms with van der Waals surface area (Å²) >= 11 is 0. The van der Waals surface area contributed by atoms with Crippen LogP contribution in [0.5, 0.6) is 0 Å². The molecular formula is C14H18N2O2S. The minimum atomic E-state index is -3.28. The molecule has 0 aliphatic heterocycles. The maximum Gasteiger partial charge on any atom is 0.180 e. The number of rotatable bonds is 3. The lowest BCUT2D eigenvalue weighted by Crippen LogP contribution is -2.15. The molecule has 0 bridgehead atoms. The first-order chi connectivity index (χ1) is 8.87. The van der Waals surface area contributed by atoms with Crippen molar-refractivity contribution in [2.75, 3.05) is 12.4 Å². The van der Waals surface area contributed by atoms with E-state index in [1.165, 1.54) is 0 Å². The maximum absolute atomic E-state index is 12.4. The minimum Gasteiger partial charge on any atom is -0.388 e. The molecule has 0 saturated carbocycles. The number of hydrogen-bond donors (Lipinski definition) is 1. The van der Waals surface area contributed by atoms with Gasteiger partial charge in [-0.2, -0.15) is 0 Å². The van der Waals surface area contributed by atoms with Crippen molar-refractivity contribution in [3.63, 3.8) is 0 Å². The molecule has 1 heterocycles. The zero-order valence-electron chi connectivity index (χ0n) is 11.6. The Hall–Kier alpha value is -1.62. The number of aryl methyl sites for hydroxylation is 1. The van der Waals surface area contributed by atoms with Crippen LogP contribution in [0.4, 0.5) is 5.69 Å². The van der Waals surface area contributed by atoms with E-state index in [0.717, 1.165) is 22.2 Å². The molecular weight excluding hydrogens is 260 g/mol. The lowest BCUT2D eigenvalue weighted by atomic mass is 10.1. The van der Waals surface area contributed by atoms with Crippen LogP contribution >= 0.6 is 0 Å². The molecule has 0 unspecified atom stereocenters. The Morgan fingerprint density at radius 2 is 1.95 bits per heavy atom. The third-order valence-corrected chi connectivity index (χ3v) is 5.53. The number of anilines is 1. The second-order valence-corrected chi connectivity index (χ2v) is 7.31. The second-order valence-electron chi connectivity index (χ2n) is 4.84. The van der Waals surface area contributed by atoms with Gasteiger partial charge in [0.15, 0.2) is 9.84 Å². The topological polar surface area (TPSA) is 59.1 Å². The van der Waals surface area contributed by atoms with Crippen molar-refractivity contribution in [2.24, 2.45) is 0 Å². The molecule has 1 aromatic heterocycles. The molecule has 0 saturated heterocycles. The van der Waals surface area contributed by atoms with E-state index in [0.29, 0.717) is 4.90 Å². The third-order valence-electron chi connectivity index (χ3n) is 3.23. The summed E-state index contributed by atoms with van der Waals surface area (Å²) < 4.78 is 24.7. The second kappa shape index (κ2) is 4.81. The van der Waals surface area contributed by atoms with Crippen molar-refractivity contribution in [1.82, 2.24) is 4.98 Å². The fraction of sp³-hybridized carbons (Fsp3) is 0.357. The Morgan fingerprint density at radius 3 is 2.53 bits per heavy atom. The normalized spacial score (nSPS) is 12.1. The summed E-state index contributed by atoms with van der Waals surface area (Å²) in [7, 11) is -1.47. The lowest BCUT2D eigenvalue weighted by molar-refractivity contribution is 0.587. The van der Waals surface area contributed by atoms with Gasteiger partial charge in [0.2, 0.25) is 0 Å². The van der Waals surface area contributed by atoms with Crippen molar-refractivity contribution >= 4 is 26.4 Å². The highest BCUT2D eigenvalue weighted by atomic mass is 32.2. The molecule has 0 aliphatic carbocycles. The molecule has 2 rings (SSSR count). The monoisotopic (exact) mass is 278 g/mol. The van der Waals surface area contributed by atoms with E-state index in [1.54, 1.807) is 26.1 Å². The number of aromatic nitrogens is 1. The van der Waals surface area contributed by atoms with Gasteiger partial charge in [-0.25, -0.2) is 8.42 Å². The van der Waals surface area contributed by atoms with Gasteiger partial charge in [-0.05, 0) is 44.5 Å². The zero-order chi connectivity index (χ0) is 14.2. The van der Waals surface area contributed by atoms with Gasteiger partial charge in [0.05, 0.1) is 15.7 Å². The highest BCUT2D eigenvalue weighted by molar-refractivity contribution is 7.92. The summed E-state index contributed by atoms with van der Waals surface area (Å²) in [6, 6.07) is 5.38. The Labute approximate surface area is 113 Å². The van der Waals surface area contributed by atoms with E-state index in [-0.39, 0.29) is 0 Å². The largest absolute Gasteiger partial charge is 0.388 e. The van der Waals surface area contributed by atoms with Crippen LogP contribution in [0.15, 0.2) is 29.3 Å². The molecule has 4 nitrogen and oxygen atoms in total. The van der Waals surface area contributed by atoms with Crippen LogP contribution < -0.4 is 5.32 Å². The maximum atomic E-state index is 12.4. The van der Waals surface area contributed by atoms with Gasteiger partial charge in [0.1, 0.15) is 0 Å². The molecule has 0 fully saturated rings. The van der Waals surface area contributed by atoms with E-state index < -0.39 is 15.1 Å². The third kappa shape index (κ3) is 2.30. The predicted molar refractivity (Wildman–Crippen MR) is 78.3 cm³/mol. The SMILES string of the molecule is CNc1ccnc2cc(C)c(S(=O)(=O)C(C)C)cc12. The number of nitrogens with one attached hydrogen (secondary N) is 1. The van der Waals surface area contributed by atoms with Crippen molar-refractivity contribution in [3.8, 4) is 0 Å². The van der Waals surface area contributed by atoms with Gasteiger partial charge in [0.25, 0.3) is 0 Å². The van der Waals surface area contributed by atoms with Crippen LogP contribution in [0.2, 0.25) is 0 Å². The lowest BCUT2D eigenvalue weighted by Gasteiger charge is -2.13. The number of pyridine rings is 1.